The minimum absolute atomic E-state index is 0.0462. The van der Waals surface area contributed by atoms with Crippen LogP contribution in [0.5, 0.6) is 5.75 Å². The first-order valence-electron chi connectivity index (χ1n) is 5.89. The Balaban J connectivity index is 2.45. The molecule has 0 aliphatic carbocycles. The number of hydrogen-bond acceptors (Lipinski definition) is 3. The summed E-state index contributed by atoms with van der Waals surface area (Å²) in [4.78, 5) is 21.6. The molecule has 9 heteroatoms. The predicted octanol–water partition coefficient (Wildman–Crippen LogP) is 2.41. The molecule has 0 saturated heterocycles. The van der Waals surface area contributed by atoms with Gasteiger partial charge in [0.25, 0.3) is 0 Å². The maximum Gasteiger partial charge on any atom is 0.387 e. The molecule has 0 aliphatic rings. The van der Waals surface area contributed by atoms with Gasteiger partial charge in [0, 0.05) is 24.7 Å². The van der Waals surface area contributed by atoms with Crippen LogP contribution >= 0.6 is 0 Å². The first-order valence-corrected chi connectivity index (χ1v) is 5.89. The lowest BCUT2D eigenvalue weighted by molar-refractivity contribution is -0.137. The first-order chi connectivity index (χ1) is 9.88. The zero-order valence-corrected chi connectivity index (χ0v) is 10.7. The van der Waals surface area contributed by atoms with Gasteiger partial charge < -0.3 is 20.5 Å². The highest BCUT2D eigenvalue weighted by atomic mass is 19.3. The van der Waals surface area contributed by atoms with E-state index < -0.39 is 30.2 Å². The average molecular weight is 306 g/mol. The van der Waals surface area contributed by atoms with E-state index >= 15 is 0 Å². The van der Waals surface area contributed by atoms with Crippen LogP contribution in [0.1, 0.15) is 12.8 Å². The predicted molar refractivity (Wildman–Crippen MR) is 66.9 cm³/mol. The van der Waals surface area contributed by atoms with Crippen LogP contribution in [0.4, 0.5) is 23.7 Å². The number of carbonyl (C=O) groups is 2. The molecule has 21 heavy (non-hydrogen) atoms. The number of nitrogens with one attached hydrogen (secondary N) is 2. The summed E-state index contributed by atoms with van der Waals surface area (Å²) in [5.74, 6) is -2.65. The summed E-state index contributed by atoms with van der Waals surface area (Å²) in [7, 11) is 0. The van der Waals surface area contributed by atoms with Gasteiger partial charge in [0.1, 0.15) is 0 Å². The molecule has 0 aliphatic heterocycles. The summed E-state index contributed by atoms with van der Waals surface area (Å²) >= 11 is 0. The van der Waals surface area contributed by atoms with Crippen LogP contribution in [-0.2, 0) is 4.79 Å². The van der Waals surface area contributed by atoms with E-state index in [4.69, 9.17) is 5.11 Å². The molecular weight excluding hydrogens is 293 g/mol. The third-order valence-electron chi connectivity index (χ3n) is 2.26. The second kappa shape index (κ2) is 7.98. The van der Waals surface area contributed by atoms with Crippen LogP contribution in [-0.4, -0.2) is 30.3 Å². The summed E-state index contributed by atoms with van der Waals surface area (Å²) in [6.45, 7) is -3.01. The number of carbonyl (C=O) groups excluding carboxylic acids is 1. The SMILES string of the molecule is O=C(O)CCCNC(=O)Nc1ccc(OC(F)F)c(F)c1. The van der Waals surface area contributed by atoms with Gasteiger partial charge in [-0.1, -0.05) is 0 Å². The molecule has 0 radical (unpaired) electrons. The van der Waals surface area contributed by atoms with E-state index in [0.717, 1.165) is 12.1 Å². The van der Waals surface area contributed by atoms with Crippen molar-refractivity contribution in [1.29, 1.82) is 0 Å². The van der Waals surface area contributed by atoms with Crippen molar-refractivity contribution in [3.05, 3.63) is 24.0 Å². The number of halogens is 3. The van der Waals surface area contributed by atoms with Gasteiger partial charge in [-0.2, -0.15) is 8.78 Å². The number of benzene rings is 1. The van der Waals surface area contributed by atoms with Gasteiger partial charge in [-0.05, 0) is 18.6 Å². The van der Waals surface area contributed by atoms with Crippen molar-refractivity contribution in [2.24, 2.45) is 0 Å². The number of carboxylic acids is 1. The van der Waals surface area contributed by atoms with E-state index in [-0.39, 0.29) is 25.1 Å². The Morgan fingerprint density at radius 1 is 1.33 bits per heavy atom. The molecule has 0 unspecified atom stereocenters. The Hall–Kier alpha value is -2.45. The maximum absolute atomic E-state index is 13.4. The van der Waals surface area contributed by atoms with E-state index in [1.807, 2.05) is 0 Å². The zero-order chi connectivity index (χ0) is 15.8. The zero-order valence-electron chi connectivity index (χ0n) is 10.7. The molecule has 0 bridgehead atoms. The molecular formula is C12H13F3N2O4. The fourth-order valence-electron chi connectivity index (χ4n) is 1.39. The number of hydrogen-bond donors (Lipinski definition) is 3. The number of ether oxygens (including phenoxy) is 1. The second-order valence-corrected chi connectivity index (χ2v) is 3.90. The normalized spacial score (nSPS) is 10.3. The van der Waals surface area contributed by atoms with Crippen LogP contribution in [0, 0.1) is 5.82 Å². The highest BCUT2D eigenvalue weighted by molar-refractivity contribution is 5.89. The van der Waals surface area contributed by atoms with E-state index in [2.05, 4.69) is 15.4 Å². The van der Waals surface area contributed by atoms with Crippen molar-refractivity contribution in [1.82, 2.24) is 5.32 Å². The highest BCUT2D eigenvalue weighted by Gasteiger charge is 2.11. The Kier molecular flexibility index (Phi) is 6.31. The molecule has 0 saturated carbocycles. The van der Waals surface area contributed by atoms with Crippen molar-refractivity contribution in [3.8, 4) is 5.75 Å². The Morgan fingerprint density at radius 2 is 2.05 bits per heavy atom. The molecule has 3 N–H and O–H groups in total. The topological polar surface area (TPSA) is 87.7 Å². The maximum atomic E-state index is 13.4. The van der Waals surface area contributed by atoms with Gasteiger partial charge in [0.15, 0.2) is 11.6 Å². The lowest BCUT2D eigenvalue weighted by Crippen LogP contribution is -2.29. The van der Waals surface area contributed by atoms with Crippen LogP contribution in [0.2, 0.25) is 0 Å². The van der Waals surface area contributed by atoms with Gasteiger partial charge in [0.05, 0.1) is 0 Å². The Labute approximate surface area is 117 Å². The van der Waals surface area contributed by atoms with E-state index in [0.29, 0.717) is 0 Å². The minimum Gasteiger partial charge on any atom is -0.481 e. The van der Waals surface area contributed by atoms with Crippen LogP contribution < -0.4 is 15.4 Å². The van der Waals surface area contributed by atoms with Gasteiger partial charge in [-0.25, -0.2) is 9.18 Å². The number of carboxylic acid groups (broad SMARTS) is 1. The number of urea groups is 1. The summed E-state index contributed by atoms with van der Waals surface area (Å²) < 4.78 is 41.1. The fraction of sp³-hybridized carbons (Fsp3) is 0.333. The summed E-state index contributed by atoms with van der Waals surface area (Å²) in [5.41, 5.74) is 0.0462. The van der Waals surface area contributed by atoms with Crippen molar-refractivity contribution in [2.45, 2.75) is 19.5 Å². The van der Waals surface area contributed by atoms with Gasteiger partial charge >= 0.3 is 18.6 Å². The largest absolute Gasteiger partial charge is 0.481 e. The number of anilines is 1. The molecule has 0 aromatic heterocycles. The number of amides is 2. The number of aliphatic carboxylic acids is 1. The summed E-state index contributed by atoms with van der Waals surface area (Å²) in [6.07, 6.45) is 0.160. The minimum atomic E-state index is -3.14. The lowest BCUT2D eigenvalue weighted by atomic mass is 10.3. The Morgan fingerprint density at radius 3 is 2.62 bits per heavy atom. The fourth-order valence-corrected chi connectivity index (χ4v) is 1.39. The van der Waals surface area contributed by atoms with Crippen LogP contribution in [0.3, 0.4) is 0 Å². The summed E-state index contributed by atoms with van der Waals surface area (Å²) in [5, 5.41) is 13.0. The molecule has 0 heterocycles. The van der Waals surface area contributed by atoms with Gasteiger partial charge in [0.2, 0.25) is 0 Å². The molecule has 1 rings (SSSR count). The molecule has 1 aromatic carbocycles. The quantitative estimate of drug-likeness (QED) is 0.675. The molecule has 6 nitrogen and oxygen atoms in total. The summed E-state index contributed by atoms with van der Waals surface area (Å²) in [6, 6.07) is 2.32. The third kappa shape index (κ3) is 6.50. The number of rotatable bonds is 7. The van der Waals surface area contributed by atoms with Gasteiger partial charge in [-0.3, -0.25) is 4.79 Å². The number of alkyl halides is 2. The standard InChI is InChI=1S/C12H13F3N2O4/c13-8-6-7(3-4-9(8)21-11(14)15)17-12(20)16-5-1-2-10(18)19/h3-4,6,11H,1-2,5H2,(H,18,19)(H2,16,17,20). The van der Waals surface area contributed by atoms with Crippen LogP contribution in [0.15, 0.2) is 18.2 Å². The monoisotopic (exact) mass is 306 g/mol. The lowest BCUT2D eigenvalue weighted by Gasteiger charge is -2.09. The molecule has 2 amide bonds. The van der Waals surface area contributed by atoms with E-state index in [1.54, 1.807) is 0 Å². The molecule has 0 atom stereocenters. The van der Waals surface area contributed by atoms with Crippen molar-refractivity contribution in [3.63, 3.8) is 0 Å². The third-order valence-corrected chi connectivity index (χ3v) is 2.26. The highest BCUT2D eigenvalue weighted by Crippen LogP contribution is 2.22. The smallest absolute Gasteiger partial charge is 0.387 e. The van der Waals surface area contributed by atoms with E-state index in [9.17, 15) is 22.8 Å². The molecule has 0 spiro atoms. The first kappa shape index (κ1) is 16.6. The van der Waals surface area contributed by atoms with Gasteiger partial charge in [-0.15, -0.1) is 0 Å². The van der Waals surface area contributed by atoms with Crippen molar-refractivity contribution >= 4 is 17.7 Å². The average Bonchev–Trinajstić information content (AvgIpc) is 2.37. The van der Waals surface area contributed by atoms with Crippen molar-refractivity contribution < 1.29 is 32.6 Å². The van der Waals surface area contributed by atoms with Crippen LogP contribution in [0.25, 0.3) is 0 Å². The molecule has 0 fully saturated rings. The Bertz CT molecular complexity index is 511. The second-order valence-electron chi connectivity index (χ2n) is 3.90. The molecule has 116 valence electrons. The van der Waals surface area contributed by atoms with Crippen molar-refractivity contribution in [2.75, 3.05) is 11.9 Å². The molecule has 1 aromatic rings. The van der Waals surface area contributed by atoms with E-state index in [1.165, 1.54) is 6.07 Å².